The Labute approximate surface area is 141 Å². The topological polar surface area (TPSA) is 105 Å². The molecule has 1 aromatic rings. The number of hydrogen-bond acceptors (Lipinski definition) is 5. The quantitative estimate of drug-likeness (QED) is 0.394. The molecule has 132 valence electrons. The van der Waals surface area contributed by atoms with Gasteiger partial charge in [-0.15, -0.1) is 0 Å². The molecular formula is C17H23NO6. The largest absolute Gasteiger partial charge is 0.493 e. The average Bonchev–Trinajstić information content (AvgIpc) is 2.58. The van der Waals surface area contributed by atoms with Crippen molar-refractivity contribution in [3.8, 4) is 23.3 Å². The van der Waals surface area contributed by atoms with E-state index in [2.05, 4.69) is 24.1 Å². The Morgan fingerprint density at radius 3 is 2.29 bits per heavy atom. The van der Waals surface area contributed by atoms with Crippen LogP contribution in [0.4, 0.5) is 0 Å². The number of carbonyl (C=O) groups is 2. The molecule has 0 spiro atoms. The zero-order valence-electron chi connectivity index (χ0n) is 13.9. The zero-order valence-corrected chi connectivity index (χ0v) is 13.9. The number of nitrogens with one attached hydrogen (secondary N) is 1. The van der Waals surface area contributed by atoms with E-state index in [1.165, 1.54) is 12.8 Å². The van der Waals surface area contributed by atoms with Crippen molar-refractivity contribution >= 4 is 11.9 Å². The Balaban J connectivity index is 0.000000754. The van der Waals surface area contributed by atoms with Crippen LogP contribution in [0.2, 0.25) is 0 Å². The Kier molecular flexibility index (Phi) is 12.3. The van der Waals surface area contributed by atoms with E-state index in [9.17, 15) is 0 Å². The molecule has 0 unspecified atom stereocenters. The van der Waals surface area contributed by atoms with Gasteiger partial charge in [-0.1, -0.05) is 37.3 Å². The lowest BCUT2D eigenvalue weighted by atomic mass is 10.3. The summed E-state index contributed by atoms with van der Waals surface area (Å²) in [6.45, 7) is 4.30. The monoisotopic (exact) mass is 337 g/mol. The van der Waals surface area contributed by atoms with E-state index in [1.54, 1.807) is 7.11 Å². The Bertz CT molecular complexity index is 550. The SMILES string of the molecule is CCCCNCC#CCOc1ccccc1OC.O=C(O)C(=O)O. The van der Waals surface area contributed by atoms with Crippen LogP contribution in [-0.2, 0) is 9.59 Å². The molecule has 0 saturated carbocycles. The molecular weight excluding hydrogens is 314 g/mol. The van der Waals surface area contributed by atoms with Crippen molar-refractivity contribution in [1.82, 2.24) is 5.32 Å². The molecule has 7 heteroatoms. The number of unbranched alkanes of at least 4 members (excludes halogenated alkanes) is 1. The molecule has 0 fully saturated rings. The molecule has 1 aromatic carbocycles. The lowest BCUT2D eigenvalue weighted by Gasteiger charge is -2.07. The number of methoxy groups -OCH3 is 1. The van der Waals surface area contributed by atoms with Crippen LogP contribution in [0.3, 0.4) is 0 Å². The van der Waals surface area contributed by atoms with Gasteiger partial charge in [-0.2, -0.15) is 0 Å². The summed E-state index contributed by atoms with van der Waals surface area (Å²) in [5.74, 6) is 3.82. The number of rotatable bonds is 7. The third-order valence-corrected chi connectivity index (χ3v) is 2.60. The predicted octanol–water partition coefficient (Wildman–Crippen LogP) is 1.62. The van der Waals surface area contributed by atoms with Crippen LogP contribution in [-0.4, -0.2) is 49.0 Å². The van der Waals surface area contributed by atoms with Gasteiger partial charge in [0.15, 0.2) is 11.5 Å². The minimum atomic E-state index is -1.82. The number of carboxylic acid groups (broad SMARTS) is 2. The highest BCUT2D eigenvalue weighted by molar-refractivity contribution is 6.27. The van der Waals surface area contributed by atoms with E-state index >= 15 is 0 Å². The molecule has 3 N–H and O–H groups in total. The number of aliphatic carboxylic acids is 2. The summed E-state index contributed by atoms with van der Waals surface area (Å²) in [6.07, 6.45) is 2.40. The number of para-hydroxylation sites is 2. The van der Waals surface area contributed by atoms with Crippen LogP contribution in [0.1, 0.15) is 19.8 Å². The minimum absolute atomic E-state index is 0.385. The van der Waals surface area contributed by atoms with Gasteiger partial charge in [0, 0.05) is 0 Å². The lowest BCUT2D eigenvalue weighted by molar-refractivity contribution is -0.159. The third kappa shape index (κ3) is 10.9. The molecule has 0 amide bonds. The Hall–Kier alpha value is -2.72. The van der Waals surface area contributed by atoms with Crippen LogP contribution >= 0.6 is 0 Å². The standard InChI is InChI=1S/C15H21NO2.C2H2O4/c1-3-4-11-16-12-7-8-13-18-15-10-6-5-9-14(15)17-2;3-1(4)2(5)6/h5-6,9-10,16H,3-4,11-13H2,1-2H3;(H,3,4)(H,5,6). The first-order valence-electron chi connectivity index (χ1n) is 7.41. The fraction of sp³-hybridized carbons (Fsp3) is 0.412. The highest BCUT2D eigenvalue weighted by Crippen LogP contribution is 2.25. The number of benzene rings is 1. The molecule has 0 aliphatic heterocycles. The van der Waals surface area contributed by atoms with Gasteiger partial charge in [-0.05, 0) is 25.1 Å². The van der Waals surface area contributed by atoms with Gasteiger partial charge in [-0.3, -0.25) is 0 Å². The first-order chi connectivity index (χ1) is 11.5. The van der Waals surface area contributed by atoms with Gasteiger partial charge in [0.1, 0.15) is 6.61 Å². The van der Waals surface area contributed by atoms with Gasteiger partial charge in [0.25, 0.3) is 0 Å². The smallest absolute Gasteiger partial charge is 0.414 e. The van der Waals surface area contributed by atoms with E-state index in [4.69, 9.17) is 29.3 Å². The third-order valence-electron chi connectivity index (χ3n) is 2.60. The summed E-state index contributed by atoms with van der Waals surface area (Å²) in [4.78, 5) is 18.2. The van der Waals surface area contributed by atoms with E-state index in [0.29, 0.717) is 6.61 Å². The van der Waals surface area contributed by atoms with E-state index in [0.717, 1.165) is 24.6 Å². The first kappa shape index (κ1) is 21.3. The van der Waals surface area contributed by atoms with Crippen LogP contribution in [0.5, 0.6) is 11.5 Å². The number of hydrogen-bond donors (Lipinski definition) is 3. The van der Waals surface area contributed by atoms with Crippen molar-refractivity contribution < 1.29 is 29.3 Å². The summed E-state index contributed by atoms with van der Waals surface area (Å²) >= 11 is 0. The highest BCUT2D eigenvalue weighted by Gasteiger charge is 2.04. The van der Waals surface area contributed by atoms with E-state index in [-0.39, 0.29) is 0 Å². The summed E-state index contributed by atoms with van der Waals surface area (Å²) < 4.78 is 10.7. The van der Waals surface area contributed by atoms with Crippen LogP contribution in [0, 0.1) is 11.8 Å². The van der Waals surface area contributed by atoms with Crippen molar-refractivity contribution in [1.29, 1.82) is 0 Å². The number of carboxylic acids is 2. The maximum Gasteiger partial charge on any atom is 0.414 e. The summed E-state index contributed by atoms with van der Waals surface area (Å²) in [5, 5.41) is 18.0. The molecule has 0 radical (unpaired) electrons. The molecule has 0 atom stereocenters. The normalized spacial score (nSPS) is 8.92. The van der Waals surface area contributed by atoms with Crippen molar-refractivity contribution in [3.63, 3.8) is 0 Å². The van der Waals surface area contributed by atoms with Crippen LogP contribution in [0.15, 0.2) is 24.3 Å². The summed E-state index contributed by atoms with van der Waals surface area (Å²) in [7, 11) is 1.63. The Morgan fingerprint density at radius 1 is 1.12 bits per heavy atom. The Morgan fingerprint density at radius 2 is 1.75 bits per heavy atom. The van der Waals surface area contributed by atoms with E-state index in [1.807, 2.05) is 24.3 Å². The lowest BCUT2D eigenvalue weighted by Crippen LogP contribution is -2.15. The second kappa shape index (κ2) is 13.9. The maximum atomic E-state index is 9.10. The fourth-order valence-electron chi connectivity index (χ4n) is 1.42. The predicted molar refractivity (Wildman–Crippen MR) is 89.3 cm³/mol. The molecule has 0 aromatic heterocycles. The van der Waals surface area contributed by atoms with Crippen LogP contribution in [0.25, 0.3) is 0 Å². The van der Waals surface area contributed by atoms with Gasteiger partial charge in [0.05, 0.1) is 13.7 Å². The minimum Gasteiger partial charge on any atom is -0.493 e. The molecule has 1 rings (SSSR count). The summed E-state index contributed by atoms with van der Waals surface area (Å²) in [5.41, 5.74) is 0. The van der Waals surface area contributed by atoms with Gasteiger partial charge in [-0.25, -0.2) is 9.59 Å². The second-order valence-corrected chi connectivity index (χ2v) is 4.43. The average molecular weight is 337 g/mol. The molecule has 0 aliphatic carbocycles. The van der Waals surface area contributed by atoms with Crippen molar-refractivity contribution in [2.45, 2.75) is 19.8 Å². The molecule has 0 heterocycles. The molecule has 0 aliphatic rings. The highest BCUT2D eigenvalue weighted by atomic mass is 16.5. The molecule has 24 heavy (non-hydrogen) atoms. The maximum absolute atomic E-state index is 9.10. The van der Waals surface area contributed by atoms with Crippen molar-refractivity contribution in [3.05, 3.63) is 24.3 Å². The van der Waals surface area contributed by atoms with Crippen molar-refractivity contribution in [2.24, 2.45) is 0 Å². The van der Waals surface area contributed by atoms with Gasteiger partial charge < -0.3 is 25.0 Å². The van der Waals surface area contributed by atoms with Gasteiger partial charge >= 0.3 is 11.9 Å². The molecule has 0 saturated heterocycles. The first-order valence-corrected chi connectivity index (χ1v) is 7.41. The molecule has 7 nitrogen and oxygen atoms in total. The van der Waals surface area contributed by atoms with Crippen molar-refractivity contribution in [2.75, 3.05) is 26.8 Å². The number of ether oxygens (including phenoxy) is 2. The van der Waals surface area contributed by atoms with Crippen LogP contribution < -0.4 is 14.8 Å². The summed E-state index contributed by atoms with van der Waals surface area (Å²) in [6, 6.07) is 7.57. The van der Waals surface area contributed by atoms with E-state index < -0.39 is 11.9 Å². The molecule has 0 bridgehead atoms. The second-order valence-electron chi connectivity index (χ2n) is 4.43. The zero-order chi connectivity index (χ0) is 18.2. The fourth-order valence-corrected chi connectivity index (χ4v) is 1.42. The van der Waals surface area contributed by atoms with Gasteiger partial charge in [0.2, 0.25) is 0 Å².